The number of nitrogens with one attached hydrogen (secondary N) is 1. The van der Waals surface area contributed by atoms with Gasteiger partial charge in [-0.2, -0.15) is 0 Å². The number of hydrogen-bond donors (Lipinski definition) is 1. The molecule has 5 heteroatoms. The van der Waals surface area contributed by atoms with Crippen molar-refractivity contribution in [3.63, 3.8) is 0 Å². The molecule has 1 aliphatic heterocycles. The zero-order valence-electron chi connectivity index (χ0n) is 12.8. The van der Waals surface area contributed by atoms with E-state index < -0.39 is 6.04 Å². The van der Waals surface area contributed by atoms with Gasteiger partial charge in [-0.05, 0) is 44.4 Å². The van der Waals surface area contributed by atoms with Crippen molar-refractivity contribution in [3.8, 4) is 0 Å². The molecule has 1 aliphatic rings. The normalized spacial score (nSPS) is 16.5. The minimum Gasteiger partial charge on any atom is -0.341 e. The molecule has 2 aromatic rings. The van der Waals surface area contributed by atoms with Gasteiger partial charge in [-0.15, -0.1) is 0 Å². The third kappa shape index (κ3) is 2.98. The number of piperidine rings is 1. The molecule has 0 radical (unpaired) electrons. The van der Waals surface area contributed by atoms with Crippen molar-refractivity contribution in [2.24, 2.45) is 0 Å². The molecule has 1 N–H and O–H groups in total. The van der Waals surface area contributed by atoms with E-state index >= 15 is 0 Å². The monoisotopic (exact) mass is 299 g/mol. The van der Waals surface area contributed by atoms with E-state index in [0.29, 0.717) is 5.56 Å². The van der Waals surface area contributed by atoms with Gasteiger partial charge in [0.1, 0.15) is 6.04 Å². The van der Waals surface area contributed by atoms with Crippen LogP contribution in [-0.4, -0.2) is 40.2 Å². The lowest BCUT2D eigenvalue weighted by atomic mass is 10.1. The summed E-state index contributed by atoms with van der Waals surface area (Å²) in [6, 6.07) is 7.12. The Morgan fingerprint density at radius 1 is 1.18 bits per heavy atom. The Balaban J connectivity index is 1.66. The van der Waals surface area contributed by atoms with Crippen LogP contribution in [-0.2, 0) is 4.79 Å². The van der Waals surface area contributed by atoms with Gasteiger partial charge >= 0.3 is 0 Å². The van der Waals surface area contributed by atoms with Gasteiger partial charge in [0.15, 0.2) is 0 Å². The van der Waals surface area contributed by atoms with Crippen LogP contribution in [0.15, 0.2) is 36.7 Å². The Morgan fingerprint density at radius 3 is 2.68 bits per heavy atom. The number of nitrogens with zero attached hydrogens (tertiary/aromatic N) is 2. The SMILES string of the molecule is CC(NC(=O)c1cc2ccccn2c1)C(=O)N1CCCCC1. The first kappa shape index (κ1) is 14.6. The van der Waals surface area contributed by atoms with E-state index in [1.165, 1.54) is 6.42 Å². The lowest BCUT2D eigenvalue weighted by molar-refractivity contribution is -0.133. The standard InChI is InChI=1S/C17H21N3O2/c1-13(17(22)19-8-4-2-5-9-19)18-16(21)14-11-15-7-3-6-10-20(15)12-14/h3,6-7,10-13H,2,4-5,8-9H2,1H3,(H,18,21). The number of carbonyl (C=O) groups is 2. The van der Waals surface area contributed by atoms with Crippen LogP contribution in [0, 0.1) is 0 Å². The fourth-order valence-corrected chi connectivity index (χ4v) is 2.91. The Kier molecular flexibility index (Phi) is 4.13. The summed E-state index contributed by atoms with van der Waals surface area (Å²) >= 11 is 0. The molecule has 22 heavy (non-hydrogen) atoms. The smallest absolute Gasteiger partial charge is 0.253 e. The molecule has 0 bridgehead atoms. The quantitative estimate of drug-likeness (QED) is 0.943. The van der Waals surface area contributed by atoms with Crippen LogP contribution in [0.1, 0.15) is 36.5 Å². The second-order valence-electron chi connectivity index (χ2n) is 5.84. The average Bonchev–Trinajstić information content (AvgIpc) is 2.99. The second kappa shape index (κ2) is 6.22. The van der Waals surface area contributed by atoms with Crippen molar-refractivity contribution in [2.75, 3.05) is 13.1 Å². The predicted octanol–water partition coefficient (Wildman–Crippen LogP) is 2.07. The summed E-state index contributed by atoms with van der Waals surface area (Å²) in [6.45, 7) is 3.36. The molecule has 0 saturated carbocycles. The maximum absolute atomic E-state index is 12.3. The van der Waals surface area contributed by atoms with Crippen molar-refractivity contribution >= 4 is 17.3 Å². The summed E-state index contributed by atoms with van der Waals surface area (Å²) < 4.78 is 1.89. The maximum atomic E-state index is 12.3. The Hall–Kier alpha value is -2.30. The van der Waals surface area contributed by atoms with E-state index in [-0.39, 0.29) is 11.8 Å². The highest BCUT2D eigenvalue weighted by Gasteiger charge is 2.23. The highest BCUT2D eigenvalue weighted by Crippen LogP contribution is 2.12. The summed E-state index contributed by atoms with van der Waals surface area (Å²) in [5, 5.41) is 2.81. The molecule has 1 atom stereocenters. The lowest BCUT2D eigenvalue weighted by Crippen LogP contribution is -2.48. The molecule has 1 saturated heterocycles. The third-order valence-electron chi connectivity index (χ3n) is 4.15. The minimum absolute atomic E-state index is 0.0109. The van der Waals surface area contributed by atoms with E-state index in [9.17, 15) is 9.59 Å². The zero-order chi connectivity index (χ0) is 15.5. The highest BCUT2D eigenvalue weighted by molar-refractivity contribution is 5.98. The largest absolute Gasteiger partial charge is 0.341 e. The predicted molar refractivity (Wildman–Crippen MR) is 84.8 cm³/mol. The summed E-state index contributed by atoms with van der Waals surface area (Å²) in [5.41, 5.74) is 1.53. The van der Waals surface area contributed by atoms with Crippen LogP contribution < -0.4 is 5.32 Å². The molecule has 0 spiro atoms. The van der Waals surface area contributed by atoms with Gasteiger partial charge in [0.05, 0.1) is 5.56 Å². The van der Waals surface area contributed by atoms with Gasteiger partial charge < -0.3 is 14.6 Å². The Morgan fingerprint density at radius 2 is 1.95 bits per heavy atom. The van der Waals surface area contributed by atoms with Gasteiger partial charge in [0, 0.05) is 31.0 Å². The Labute approximate surface area is 129 Å². The average molecular weight is 299 g/mol. The number of likely N-dealkylation sites (tertiary alicyclic amines) is 1. The summed E-state index contributed by atoms with van der Waals surface area (Å²) in [7, 11) is 0. The van der Waals surface area contributed by atoms with E-state index in [1.54, 1.807) is 13.1 Å². The van der Waals surface area contributed by atoms with Crippen LogP contribution in [0.2, 0.25) is 0 Å². The molecule has 0 aromatic carbocycles. The van der Waals surface area contributed by atoms with Gasteiger partial charge in [-0.1, -0.05) is 6.07 Å². The first-order chi connectivity index (χ1) is 10.6. The lowest BCUT2D eigenvalue weighted by Gasteiger charge is -2.29. The summed E-state index contributed by atoms with van der Waals surface area (Å²) in [5.74, 6) is -0.196. The topological polar surface area (TPSA) is 53.8 Å². The Bertz CT molecular complexity index is 653. The number of rotatable bonds is 3. The van der Waals surface area contributed by atoms with E-state index in [4.69, 9.17) is 0 Å². The molecular weight excluding hydrogens is 278 g/mol. The van der Waals surface area contributed by atoms with Crippen LogP contribution in [0.25, 0.3) is 5.52 Å². The number of aromatic nitrogens is 1. The second-order valence-corrected chi connectivity index (χ2v) is 5.84. The van der Waals surface area contributed by atoms with E-state index in [0.717, 1.165) is 31.4 Å². The van der Waals surface area contributed by atoms with Crippen LogP contribution in [0.3, 0.4) is 0 Å². The molecule has 1 unspecified atom stereocenters. The molecule has 3 heterocycles. The van der Waals surface area contributed by atoms with Crippen molar-refractivity contribution in [2.45, 2.75) is 32.2 Å². The highest BCUT2D eigenvalue weighted by atomic mass is 16.2. The van der Waals surface area contributed by atoms with Crippen molar-refractivity contribution in [1.29, 1.82) is 0 Å². The number of hydrogen-bond acceptors (Lipinski definition) is 2. The van der Waals surface area contributed by atoms with Crippen molar-refractivity contribution < 1.29 is 9.59 Å². The third-order valence-corrected chi connectivity index (χ3v) is 4.15. The van der Waals surface area contributed by atoms with Gasteiger partial charge in [-0.3, -0.25) is 9.59 Å². The zero-order valence-corrected chi connectivity index (χ0v) is 12.8. The molecule has 5 nitrogen and oxygen atoms in total. The number of fused-ring (bicyclic) bond motifs is 1. The molecular formula is C17H21N3O2. The van der Waals surface area contributed by atoms with Crippen LogP contribution in [0.5, 0.6) is 0 Å². The van der Waals surface area contributed by atoms with Crippen LogP contribution >= 0.6 is 0 Å². The van der Waals surface area contributed by atoms with Crippen molar-refractivity contribution in [1.82, 2.24) is 14.6 Å². The minimum atomic E-state index is -0.492. The van der Waals surface area contributed by atoms with Gasteiger partial charge in [-0.25, -0.2) is 0 Å². The first-order valence-electron chi connectivity index (χ1n) is 7.81. The van der Waals surface area contributed by atoms with E-state index in [2.05, 4.69) is 5.32 Å². The van der Waals surface area contributed by atoms with Crippen LogP contribution in [0.4, 0.5) is 0 Å². The fraction of sp³-hybridized carbons (Fsp3) is 0.412. The number of amides is 2. The number of pyridine rings is 1. The molecule has 0 aliphatic carbocycles. The van der Waals surface area contributed by atoms with Crippen molar-refractivity contribution in [3.05, 3.63) is 42.2 Å². The first-order valence-corrected chi connectivity index (χ1v) is 7.81. The van der Waals surface area contributed by atoms with Gasteiger partial charge in [0.25, 0.3) is 5.91 Å². The fourth-order valence-electron chi connectivity index (χ4n) is 2.91. The molecule has 3 rings (SSSR count). The van der Waals surface area contributed by atoms with Gasteiger partial charge in [0.2, 0.25) is 5.91 Å². The number of carbonyl (C=O) groups excluding carboxylic acids is 2. The van der Waals surface area contributed by atoms with E-state index in [1.807, 2.05) is 39.8 Å². The molecule has 2 amide bonds. The summed E-state index contributed by atoms with van der Waals surface area (Å²) in [6.07, 6.45) is 6.97. The summed E-state index contributed by atoms with van der Waals surface area (Å²) in [4.78, 5) is 26.5. The molecule has 1 fully saturated rings. The molecule has 2 aromatic heterocycles. The maximum Gasteiger partial charge on any atom is 0.253 e. The molecule has 116 valence electrons.